The minimum atomic E-state index is -0.188. The zero-order chi connectivity index (χ0) is 11.6. The number of carbonyl (C=O) groups is 1. The zero-order valence-corrected chi connectivity index (χ0v) is 9.57. The first-order valence-electron chi connectivity index (χ1n) is 5.82. The molecular formula is C12H17NO3. The Kier molecular flexibility index (Phi) is 3.10. The van der Waals surface area contributed by atoms with E-state index in [0.29, 0.717) is 18.9 Å². The van der Waals surface area contributed by atoms with Crippen LogP contribution in [0.1, 0.15) is 32.1 Å². The van der Waals surface area contributed by atoms with E-state index in [2.05, 4.69) is 4.99 Å². The van der Waals surface area contributed by atoms with Crippen LogP contribution < -0.4 is 0 Å². The minimum Gasteiger partial charge on any atom is -0.469 e. The van der Waals surface area contributed by atoms with E-state index in [1.54, 1.807) is 6.08 Å². The van der Waals surface area contributed by atoms with E-state index in [9.17, 15) is 9.59 Å². The second kappa shape index (κ2) is 4.38. The second-order valence-electron chi connectivity index (χ2n) is 5.02. The highest BCUT2D eigenvalue weighted by Gasteiger charge is 2.56. The van der Waals surface area contributed by atoms with Crippen molar-refractivity contribution in [1.29, 1.82) is 0 Å². The molecule has 0 saturated heterocycles. The molecule has 0 amide bonds. The molecule has 0 aliphatic heterocycles. The number of nitrogens with zero attached hydrogens (tertiary/aromatic N) is 1. The van der Waals surface area contributed by atoms with Gasteiger partial charge < -0.3 is 4.74 Å². The summed E-state index contributed by atoms with van der Waals surface area (Å²) in [4.78, 5) is 25.3. The quantitative estimate of drug-likeness (QED) is 0.414. The third-order valence-electron chi connectivity index (χ3n) is 4.30. The smallest absolute Gasteiger partial charge is 0.306 e. The van der Waals surface area contributed by atoms with Crippen molar-refractivity contribution < 1.29 is 14.3 Å². The van der Waals surface area contributed by atoms with Crippen LogP contribution in [0.4, 0.5) is 0 Å². The first kappa shape index (κ1) is 11.3. The Morgan fingerprint density at radius 1 is 1.56 bits per heavy atom. The maximum Gasteiger partial charge on any atom is 0.306 e. The molecule has 2 rings (SSSR count). The van der Waals surface area contributed by atoms with E-state index in [4.69, 9.17) is 4.74 Å². The van der Waals surface area contributed by atoms with Gasteiger partial charge in [0.1, 0.15) is 0 Å². The normalized spacial score (nSPS) is 35.8. The second-order valence-corrected chi connectivity index (χ2v) is 5.02. The number of carbonyl (C=O) groups excluding carboxylic acids is 2. The maximum absolute atomic E-state index is 11.4. The number of isocyanates is 1. The van der Waals surface area contributed by atoms with E-state index in [1.807, 2.05) is 0 Å². The van der Waals surface area contributed by atoms with E-state index in [1.165, 1.54) is 20.0 Å². The van der Waals surface area contributed by atoms with Gasteiger partial charge in [0, 0.05) is 5.41 Å². The summed E-state index contributed by atoms with van der Waals surface area (Å²) < 4.78 is 4.73. The molecule has 0 aromatic carbocycles. The summed E-state index contributed by atoms with van der Waals surface area (Å²) >= 11 is 0. The summed E-state index contributed by atoms with van der Waals surface area (Å²) in [5, 5.41) is 0. The number of hydrogen-bond donors (Lipinski definition) is 0. The fourth-order valence-corrected chi connectivity index (χ4v) is 3.59. The number of fused-ring (bicyclic) bond motifs is 1. The third-order valence-corrected chi connectivity index (χ3v) is 4.30. The molecule has 0 N–H and O–H groups in total. The van der Waals surface area contributed by atoms with Gasteiger partial charge in [-0.15, -0.1) is 0 Å². The summed E-state index contributed by atoms with van der Waals surface area (Å²) in [5.74, 6) is 1.11. The molecule has 2 fully saturated rings. The molecule has 0 aromatic rings. The average Bonchev–Trinajstić information content (AvgIpc) is 2.67. The molecule has 4 heteroatoms. The van der Waals surface area contributed by atoms with Gasteiger partial charge in [0.15, 0.2) is 0 Å². The molecule has 2 saturated carbocycles. The van der Waals surface area contributed by atoms with Crippen molar-refractivity contribution >= 4 is 12.0 Å². The van der Waals surface area contributed by atoms with Crippen LogP contribution in [-0.4, -0.2) is 25.7 Å². The SMILES string of the molecule is COC(=O)CC1(CN=C=O)CC2CCCC21. The highest BCUT2D eigenvalue weighted by molar-refractivity contribution is 5.70. The first-order valence-corrected chi connectivity index (χ1v) is 5.82. The van der Waals surface area contributed by atoms with Crippen LogP contribution in [0.15, 0.2) is 4.99 Å². The Labute approximate surface area is 95.1 Å². The summed E-state index contributed by atoms with van der Waals surface area (Å²) in [7, 11) is 1.41. The fourth-order valence-electron chi connectivity index (χ4n) is 3.59. The Morgan fingerprint density at radius 2 is 2.38 bits per heavy atom. The molecule has 0 aromatic heterocycles. The van der Waals surface area contributed by atoms with Crippen LogP contribution in [-0.2, 0) is 14.3 Å². The molecule has 0 radical (unpaired) electrons. The molecule has 88 valence electrons. The monoisotopic (exact) mass is 223 g/mol. The van der Waals surface area contributed by atoms with E-state index >= 15 is 0 Å². The summed E-state index contributed by atoms with van der Waals surface area (Å²) in [6.45, 7) is 0.437. The zero-order valence-electron chi connectivity index (χ0n) is 9.57. The predicted molar refractivity (Wildman–Crippen MR) is 57.5 cm³/mol. The number of ether oxygens (including phenoxy) is 1. The molecule has 0 bridgehead atoms. The highest BCUT2D eigenvalue weighted by Crippen LogP contribution is 2.61. The number of rotatable bonds is 4. The van der Waals surface area contributed by atoms with E-state index in [-0.39, 0.29) is 11.4 Å². The standard InChI is InChI=1S/C12H17NO3/c1-16-11(15)6-12(7-13-8-14)5-9-3-2-4-10(9)12/h9-10H,2-7H2,1H3. The van der Waals surface area contributed by atoms with Crippen LogP contribution in [0.25, 0.3) is 0 Å². The summed E-state index contributed by atoms with van der Waals surface area (Å²) in [5.41, 5.74) is -0.105. The van der Waals surface area contributed by atoms with Crippen molar-refractivity contribution in [3.63, 3.8) is 0 Å². The van der Waals surface area contributed by atoms with Gasteiger partial charge in [0.05, 0.1) is 20.1 Å². The van der Waals surface area contributed by atoms with Gasteiger partial charge in [-0.05, 0) is 24.7 Å². The van der Waals surface area contributed by atoms with Crippen molar-refractivity contribution in [3.05, 3.63) is 0 Å². The van der Waals surface area contributed by atoms with Gasteiger partial charge in [-0.2, -0.15) is 0 Å². The van der Waals surface area contributed by atoms with Crippen molar-refractivity contribution in [2.75, 3.05) is 13.7 Å². The van der Waals surface area contributed by atoms with Gasteiger partial charge in [0.2, 0.25) is 6.08 Å². The van der Waals surface area contributed by atoms with Crippen molar-refractivity contribution in [3.8, 4) is 0 Å². The first-order chi connectivity index (χ1) is 7.72. The molecule has 4 nitrogen and oxygen atoms in total. The largest absolute Gasteiger partial charge is 0.469 e. The van der Waals surface area contributed by atoms with Crippen molar-refractivity contribution in [1.82, 2.24) is 0 Å². The summed E-state index contributed by atoms with van der Waals surface area (Å²) in [6.07, 6.45) is 6.66. The lowest BCUT2D eigenvalue weighted by molar-refractivity contribution is -0.148. The number of aliphatic imine (C=N–C) groups is 1. The lowest BCUT2D eigenvalue weighted by atomic mass is 9.53. The molecular weight excluding hydrogens is 206 g/mol. The lowest BCUT2D eigenvalue weighted by Gasteiger charge is -2.51. The van der Waals surface area contributed by atoms with Crippen LogP contribution in [0.3, 0.4) is 0 Å². The Morgan fingerprint density at radius 3 is 3.00 bits per heavy atom. The van der Waals surface area contributed by atoms with Gasteiger partial charge in [-0.1, -0.05) is 12.8 Å². The number of methoxy groups -OCH3 is 1. The van der Waals surface area contributed by atoms with Gasteiger partial charge >= 0.3 is 5.97 Å². The molecule has 0 spiro atoms. The van der Waals surface area contributed by atoms with Crippen LogP contribution in [0.2, 0.25) is 0 Å². The van der Waals surface area contributed by atoms with Crippen LogP contribution >= 0.6 is 0 Å². The third kappa shape index (κ3) is 1.78. The average molecular weight is 223 g/mol. The Hall–Kier alpha value is -1.15. The molecule has 3 unspecified atom stereocenters. The topological polar surface area (TPSA) is 55.7 Å². The lowest BCUT2D eigenvalue weighted by Crippen LogP contribution is -2.48. The number of esters is 1. The van der Waals surface area contributed by atoms with E-state index < -0.39 is 0 Å². The van der Waals surface area contributed by atoms with Crippen LogP contribution in [0.5, 0.6) is 0 Å². The van der Waals surface area contributed by atoms with Gasteiger partial charge in [0.25, 0.3) is 0 Å². The predicted octanol–water partition coefficient (Wildman–Crippen LogP) is 1.69. The number of hydrogen-bond acceptors (Lipinski definition) is 4. The maximum atomic E-state index is 11.4. The molecule has 3 atom stereocenters. The molecule has 16 heavy (non-hydrogen) atoms. The van der Waals surface area contributed by atoms with Gasteiger partial charge in [-0.3, -0.25) is 4.79 Å². The summed E-state index contributed by atoms with van der Waals surface area (Å²) in [6, 6.07) is 0. The van der Waals surface area contributed by atoms with E-state index in [0.717, 1.165) is 18.8 Å². The van der Waals surface area contributed by atoms with Crippen molar-refractivity contribution in [2.24, 2.45) is 22.2 Å². The Bertz CT molecular complexity index is 335. The molecule has 2 aliphatic rings. The van der Waals surface area contributed by atoms with Crippen molar-refractivity contribution in [2.45, 2.75) is 32.1 Å². The minimum absolute atomic E-state index is 0.105. The molecule has 0 heterocycles. The van der Waals surface area contributed by atoms with Crippen LogP contribution in [0, 0.1) is 17.3 Å². The highest BCUT2D eigenvalue weighted by atomic mass is 16.5. The fraction of sp³-hybridized carbons (Fsp3) is 0.833. The Balaban J connectivity index is 2.07. The van der Waals surface area contributed by atoms with Gasteiger partial charge in [-0.25, -0.2) is 9.79 Å². The molecule has 2 aliphatic carbocycles.